The average Bonchev–Trinajstić information content (AvgIpc) is 2.96. The Bertz CT molecular complexity index is 458. The highest BCUT2D eigenvalue weighted by molar-refractivity contribution is 6.31. The summed E-state index contributed by atoms with van der Waals surface area (Å²) in [5, 5.41) is 0.601. The van der Waals surface area contributed by atoms with Gasteiger partial charge in [-0.25, -0.2) is 0 Å². The molecule has 1 amide bonds. The van der Waals surface area contributed by atoms with Crippen LogP contribution in [0.2, 0.25) is 5.02 Å². The van der Waals surface area contributed by atoms with E-state index >= 15 is 0 Å². The zero-order chi connectivity index (χ0) is 14.0. The summed E-state index contributed by atoms with van der Waals surface area (Å²) in [6.45, 7) is 3.39. The molecule has 106 valence electrons. The number of amides is 1. The SMILES string of the molecule is CCN(C(=O)c1cc(Cl)cn1C)C1CCCC1CN. The lowest BCUT2D eigenvalue weighted by molar-refractivity contribution is 0.0642. The van der Waals surface area contributed by atoms with Gasteiger partial charge in [0, 0.05) is 25.8 Å². The summed E-state index contributed by atoms with van der Waals surface area (Å²) < 4.78 is 1.79. The van der Waals surface area contributed by atoms with Crippen LogP contribution in [0.4, 0.5) is 0 Å². The molecular weight excluding hydrogens is 262 g/mol. The normalized spacial score (nSPS) is 22.7. The van der Waals surface area contributed by atoms with E-state index in [0.29, 0.717) is 29.7 Å². The number of nitrogens with two attached hydrogens (primary N) is 1. The summed E-state index contributed by atoms with van der Waals surface area (Å²) in [5.74, 6) is 0.488. The van der Waals surface area contributed by atoms with Crippen LogP contribution in [0.1, 0.15) is 36.7 Å². The first-order valence-corrected chi connectivity index (χ1v) is 7.29. The van der Waals surface area contributed by atoms with E-state index in [1.54, 1.807) is 16.8 Å². The molecule has 1 aliphatic carbocycles. The van der Waals surface area contributed by atoms with Gasteiger partial charge < -0.3 is 15.2 Å². The number of hydrogen-bond acceptors (Lipinski definition) is 2. The minimum atomic E-state index is 0.0576. The predicted molar refractivity (Wildman–Crippen MR) is 77.3 cm³/mol. The van der Waals surface area contributed by atoms with Crippen LogP contribution in [-0.4, -0.2) is 34.5 Å². The van der Waals surface area contributed by atoms with Crippen LogP contribution >= 0.6 is 11.6 Å². The van der Waals surface area contributed by atoms with Crippen molar-refractivity contribution in [2.75, 3.05) is 13.1 Å². The molecular formula is C14H22ClN3O. The zero-order valence-electron chi connectivity index (χ0n) is 11.6. The molecule has 1 fully saturated rings. The van der Waals surface area contributed by atoms with Crippen LogP contribution in [0.3, 0.4) is 0 Å². The van der Waals surface area contributed by atoms with Gasteiger partial charge in [-0.1, -0.05) is 18.0 Å². The Hall–Kier alpha value is -1.00. The van der Waals surface area contributed by atoms with E-state index in [2.05, 4.69) is 0 Å². The molecule has 0 spiro atoms. The molecule has 19 heavy (non-hydrogen) atoms. The average molecular weight is 284 g/mol. The van der Waals surface area contributed by atoms with E-state index in [9.17, 15) is 4.79 Å². The molecule has 0 aliphatic heterocycles. The fourth-order valence-corrected chi connectivity index (χ4v) is 3.36. The van der Waals surface area contributed by atoms with E-state index in [4.69, 9.17) is 17.3 Å². The number of carbonyl (C=O) groups is 1. The molecule has 1 heterocycles. The molecule has 1 aromatic heterocycles. The largest absolute Gasteiger partial charge is 0.345 e. The van der Waals surface area contributed by atoms with Gasteiger partial charge in [0.05, 0.1) is 5.02 Å². The molecule has 0 bridgehead atoms. The van der Waals surface area contributed by atoms with E-state index in [-0.39, 0.29) is 11.9 Å². The number of rotatable bonds is 4. The van der Waals surface area contributed by atoms with Crippen molar-refractivity contribution in [3.63, 3.8) is 0 Å². The second-order valence-corrected chi connectivity index (χ2v) is 5.68. The lowest BCUT2D eigenvalue weighted by Gasteiger charge is -2.32. The maximum absolute atomic E-state index is 12.7. The fraction of sp³-hybridized carbons (Fsp3) is 0.643. The summed E-state index contributed by atoms with van der Waals surface area (Å²) in [6.07, 6.45) is 5.10. The molecule has 5 heteroatoms. The molecule has 0 saturated heterocycles. The van der Waals surface area contributed by atoms with Gasteiger partial charge in [0.2, 0.25) is 0 Å². The molecule has 2 atom stereocenters. The van der Waals surface area contributed by atoms with Gasteiger partial charge in [0.1, 0.15) is 5.69 Å². The van der Waals surface area contributed by atoms with Crippen molar-refractivity contribution in [3.8, 4) is 0 Å². The van der Waals surface area contributed by atoms with Gasteiger partial charge in [0.25, 0.3) is 5.91 Å². The standard InChI is InChI=1S/C14H22ClN3O/c1-3-18(12-6-4-5-10(12)8-16)14(19)13-7-11(15)9-17(13)2/h7,9-10,12H,3-6,8,16H2,1-2H3. The first-order chi connectivity index (χ1) is 9.08. The quantitative estimate of drug-likeness (QED) is 0.922. The van der Waals surface area contributed by atoms with Crippen molar-refractivity contribution in [1.82, 2.24) is 9.47 Å². The van der Waals surface area contributed by atoms with Gasteiger partial charge in [0.15, 0.2) is 0 Å². The highest BCUT2D eigenvalue weighted by Gasteiger charge is 2.34. The van der Waals surface area contributed by atoms with Crippen molar-refractivity contribution in [3.05, 3.63) is 23.0 Å². The van der Waals surface area contributed by atoms with Crippen LogP contribution < -0.4 is 5.73 Å². The second-order valence-electron chi connectivity index (χ2n) is 5.24. The Balaban J connectivity index is 2.22. The molecule has 0 aromatic carbocycles. The maximum Gasteiger partial charge on any atom is 0.270 e. The van der Waals surface area contributed by atoms with E-state index in [1.165, 1.54) is 0 Å². The molecule has 2 rings (SSSR count). The topological polar surface area (TPSA) is 51.3 Å². The van der Waals surface area contributed by atoms with Crippen LogP contribution in [0, 0.1) is 5.92 Å². The third-order valence-electron chi connectivity index (χ3n) is 4.11. The van der Waals surface area contributed by atoms with E-state index in [1.807, 2.05) is 18.9 Å². The summed E-state index contributed by atoms with van der Waals surface area (Å²) in [5.41, 5.74) is 6.47. The van der Waals surface area contributed by atoms with Crippen LogP contribution in [0.25, 0.3) is 0 Å². The third kappa shape index (κ3) is 2.79. The van der Waals surface area contributed by atoms with Crippen molar-refractivity contribution < 1.29 is 4.79 Å². The zero-order valence-corrected chi connectivity index (χ0v) is 12.4. The Morgan fingerprint density at radius 1 is 1.58 bits per heavy atom. The number of aromatic nitrogens is 1. The first-order valence-electron chi connectivity index (χ1n) is 6.91. The van der Waals surface area contributed by atoms with Gasteiger partial charge in [-0.2, -0.15) is 0 Å². The van der Waals surface area contributed by atoms with Crippen LogP contribution in [-0.2, 0) is 7.05 Å². The summed E-state index contributed by atoms with van der Waals surface area (Å²) in [6, 6.07) is 2.01. The van der Waals surface area contributed by atoms with E-state index < -0.39 is 0 Å². The Kier molecular flexibility index (Phi) is 4.53. The summed E-state index contributed by atoms with van der Waals surface area (Å²) in [4.78, 5) is 14.6. The van der Waals surface area contributed by atoms with E-state index in [0.717, 1.165) is 19.3 Å². The molecule has 1 aliphatic rings. The van der Waals surface area contributed by atoms with Crippen molar-refractivity contribution in [2.45, 2.75) is 32.2 Å². The summed E-state index contributed by atoms with van der Waals surface area (Å²) >= 11 is 5.96. The smallest absolute Gasteiger partial charge is 0.270 e. The van der Waals surface area contributed by atoms with Gasteiger partial charge >= 0.3 is 0 Å². The summed E-state index contributed by atoms with van der Waals surface area (Å²) in [7, 11) is 1.85. The highest BCUT2D eigenvalue weighted by Crippen LogP contribution is 2.30. The molecule has 1 saturated carbocycles. The van der Waals surface area contributed by atoms with Crippen LogP contribution in [0.15, 0.2) is 12.3 Å². The van der Waals surface area contributed by atoms with Gasteiger partial charge in [-0.05, 0) is 38.3 Å². The Labute approximate surface area is 119 Å². The highest BCUT2D eigenvalue weighted by atomic mass is 35.5. The first kappa shape index (κ1) is 14.4. The second kappa shape index (κ2) is 5.97. The van der Waals surface area contributed by atoms with Gasteiger partial charge in [-0.3, -0.25) is 4.79 Å². The fourth-order valence-electron chi connectivity index (χ4n) is 3.12. The Morgan fingerprint density at radius 2 is 2.32 bits per heavy atom. The predicted octanol–water partition coefficient (Wildman–Crippen LogP) is 2.27. The van der Waals surface area contributed by atoms with Crippen LogP contribution in [0.5, 0.6) is 0 Å². The Morgan fingerprint density at radius 3 is 2.84 bits per heavy atom. The molecule has 0 radical (unpaired) electrons. The number of carbonyl (C=O) groups excluding carboxylic acids is 1. The minimum absolute atomic E-state index is 0.0576. The lowest BCUT2D eigenvalue weighted by Crippen LogP contribution is -2.44. The van der Waals surface area contributed by atoms with Crippen molar-refractivity contribution >= 4 is 17.5 Å². The molecule has 2 N–H and O–H groups in total. The minimum Gasteiger partial charge on any atom is -0.345 e. The molecule has 2 unspecified atom stereocenters. The number of halogens is 1. The third-order valence-corrected chi connectivity index (χ3v) is 4.32. The lowest BCUT2D eigenvalue weighted by atomic mass is 10.0. The number of hydrogen-bond donors (Lipinski definition) is 1. The number of nitrogens with zero attached hydrogens (tertiary/aromatic N) is 2. The van der Waals surface area contributed by atoms with Gasteiger partial charge in [-0.15, -0.1) is 0 Å². The van der Waals surface area contributed by atoms with Crippen molar-refractivity contribution in [1.29, 1.82) is 0 Å². The van der Waals surface area contributed by atoms with Crippen molar-refractivity contribution in [2.24, 2.45) is 18.7 Å². The number of aryl methyl sites for hydroxylation is 1. The monoisotopic (exact) mass is 283 g/mol. The molecule has 4 nitrogen and oxygen atoms in total. The molecule has 1 aromatic rings. The maximum atomic E-state index is 12.7.